The largest absolute Gasteiger partial charge is 0.355 e. The highest BCUT2D eigenvalue weighted by Gasteiger charge is 2.21. The smallest absolute Gasteiger partial charge is 0.204 e. The molecule has 9 heteroatoms. The van der Waals surface area contributed by atoms with Crippen molar-refractivity contribution in [2.75, 3.05) is 36.8 Å². The Balaban J connectivity index is 1.04. The molecule has 1 aliphatic rings. The number of imidazole rings is 2. The lowest BCUT2D eigenvalue weighted by Crippen LogP contribution is -2.41. The topological polar surface area (TPSA) is 86.7 Å². The number of H-pyrrole nitrogens is 1. The molecule has 0 unspecified atom stereocenters. The number of para-hydroxylation sites is 2. The van der Waals surface area contributed by atoms with Gasteiger partial charge in [-0.1, -0.05) is 18.2 Å². The first kappa shape index (κ1) is 21.1. The number of piperidine rings is 1. The molecule has 5 aromatic rings. The third kappa shape index (κ3) is 4.49. The van der Waals surface area contributed by atoms with Gasteiger partial charge in [-0.15, -0.1) is 11.3 Å². The van der Waals surface area contributed by atoms with E-state index < -0.39 is 0 Å². The molecule has 6 rings (SSSR count). The maximum Gasteiger partial charge on any atom is 0.204 e. The molecule has 5 heterocycles. The summed E-state index contributed by atoms with van der Waals surface area (Å²) in [5, 5.41) is 9.31. The van der Waals surface area contributed by atoms with Crippen LogP contribution in [0, 0.1) is 0 Å². The average Bonchev–Trinajstić information content (AvgIpc) is 3.60. The number of nitrogens with zero attached hydrogens (tertiary/aromatic N) is 5. The van der Waals surface area contributed by atoms with Gasteiger partial charge in [0.1, 0.15) is 0 Å². The molecule has 0 radical (unpaired) electrons. The zero-order valence-electron chi connectivity index (χ0n) is 18.9. The summed E-state index contributed by atoms with van der Waals surface area (Å²) in [7, 11) is 0. The number of hydrogen-bond donors (Lipinski definition) is 3. The molecular weight excluding hydrogens is 444 g/mol. The normalized spacial score (nSPS) is 15.3. The molecule has 0 aliphatic carbocycles. The summed E-state index contributed by atoms with van der Waals surface area (Å²) in [6, 6.07) is 15.1. The molecule has 1 fully saturated rings. The van der Waals surface area contributed by atoms with Gasteiger partial charge in [0.2, 0.25) is 11.9 Å². The molecule has 0 spiro atoms. The number of fused-ring (bicyclic) bond motifs is 2. The van der Waals surface area contributed by atoms with E-state index in [0.717, 1.165) is 74.0 Å². The number of likely N-dealkylation sites (tertiary alicyclic amines) is 1. The molecule has 0 bridgehead atoms. The summed E-state index contributed by atoms with van der Waals surface area (Å²) in [5.74, 6) is 1.79. The molecule has 4 aromatic heterocycles. The number of aromatic amines is 1. The minimum atomic E-state index is 0.436. The van der Waals surface area contributed by atoms with Crippen LogP contribution in [-0.4, -0.2) is 61.6 Å². The molecule has 3 N–H and O–H groups in total. The monoisotopic (exact) mass is 472 g/mol. The van der Waals surface area contributed by atoms with E-state index in [2.05, 4.69) is 76.8 Å². The molecule has 0 saturated carbocycles. The quantitative estimate of drug-likeness (QED) is 0.310. The minimum Gasteiger partial charge on any atom is -0.355 e. The van der Waals surface area contributed by atoms with E-state index in [0.29, 0.717) is 6.04 Å². The maximum atomic E-state index is 4.93. The van der Waals surface area contributed by atoms with Crippen molar-refractivity contribution in [3.63, 3.8) is 0 Å². The van der Waals surface area contributed by atoms with Crippen molar-refractivity contribution in [3.8, 4) is 0 Å². The van der Waals surface area contributed by atoms with Crippen LogP contribution in [0.25, 0.3) is 22.1 Å². The highest BCUT2D eigenvalue weighted by molar-refractivity contribution is 7.09. The van der Waals surface area contributed by atoms with Crippen molar-refractivity contribution in [2.45, 2.75) is 25.4 Å². The predicted molar refractivity (Wildman–Crippen MR) is 139 cm³/mol. The Morgan fingerprint density at radius 1 is 1.03 bits per heavy atom. The summed E-state index contributed by atoms with van der Waals surface area (Å²) in [6.07, 6.45) is 5.79. The number of benzene rings is 1. The zero-order chi connectivity index (χ0) is 22.7. The number of hydrogen-bond acceptors (Lipinski definition) is 7. The number of pyridine rings is 1. The van der Waals surface area contributed by atoms with E-state index in [1.807, 2.05) is 6.07 Å². The summed E-state index contributed by atoms with van der Waals surface area (Å²) in [4.78, 5) is 20.8. The Labute approximate surface area is 202 Å². The van der Waals surface area contributed by atoms with Gasteiger partial charge in [0.05, 0.1) is 34.8 Å². The van der Waals surface area contributed by atoms with Crippen molar-refractivity contribution < 1.29 is 0 Å². The van der Waals surface area contributed by atoms with Gasteiger partial charge in [-0.3, -0.25) is 4.98 Å². The summed E-state index contributed by atoms with van der Waals surface area (Å²) in [5.41, 5.74) is 4.13. The highest BCUT2D eigenvalue weighted by atomic mass is 32.1. The lowest BCUT2D eigenvalue weighted by molar-refractivity contribution is 0.226. The van der Waals surface area contributed by atoms with E-state index in [9.17, 15) is 0 Å². The van der Waals surface area contributed by atoms with Gasteiger partial charge < -0.3 is 25.1 Å². The number of rotatable bonds is 8. The van der Waals surface area contributed by atoms with Gasteiger partial charge in [-0.05, 0) is 42.5 Å². The van der Waals surface area contributed by atoms with Crippen LogP contribution in [0.5, 0.6) is 0 Å². The fourth-order valence-electron chi connectivity index (χ4n) is 4.66. The van der Waals surface area contributed by atoms with Gasteiger partial charge in [0.15, 0.2) is 0 Å². The Morgan fingerprint density at radius 2 is 1.94 bits per heavy atom. The van der Waals surface area contributed by atoms with E-state index in [4.69, 9.17) is 4.98 Å². The second-order valence-corrected chi connectivity index (χ2v) is 9.79. The highest BCUT2D eigenvalue weighted by Crippen LogP contribution is 2.25. The van der Waals surface area contributed by atoms with Crippen molar-refractivity contribution in [2.24, 2.45) is 0 Å². The van der Waals surface area contributed by atoms with Crippen LogP contribution in [-0.2, 0) is 6.54 Å². The fraction of sp³-hybridized carbons (Fsp3) is 0.320. The van der Waals surface area contributed by atoms with Crippen LogP contribution < -0.4 is 10.6 Å². The van der Waals surface area contributed by atoms with Gasteiger partial charge in [-0.2, -0.15) is 0 Å². The van der Waals surface area contributed by atoms with Crippen LogP contribution in [0.2, 0.25) is 0 Å². The molecule has 1 aromatic carbocycles. The number of nitrogens with one attached hydrogen (secondary N) is 3. The first-order valence-corrected chi connectivity index (χ1v) is 12.7. The van der Waals surface area contributed by atoms with Crippen LogP contribution in [0.4, 0.5) is 11.9 Å². The molecule has 8 nitrogen and oxygen atoms in total. The first-order valence-electron chi connectivity index (χ1n) is 11.8. The van der Waals surface area contributed by atoms with Crippen molar-refractivity contribution in [1.82, 2.24) is 29.4 Å². The average molecular weight is 473 g/mol. The molecule has 0 amide bonds. The predicted octanol–water partition coefficient (Wildman–Crippen LogP) is 4.41. The van der Waals surface area contributed by atoms with Gasteiger partial charge in [0.25, 0.3) is 0 Å². The molecule has 1 saturated heterocycles. The Hall–Kier alpha value is -3.43. The lowest BCUT2D eigenvalue weighted by atomic mass is 10.1. The van der Waals surface area contributed by atoms with Crippen molar-refractivity contribution in [1.29, 1.82) is 0 Å². The fourth-order valence-corrected chi connectivity index (χ4v) is 5.35. The second-order valence-electron chi connectivity index (χ2n) is 8.75. The van der Waals surface area contributed by atoms with Gasteiger partial charge in [0, 0.05) is 43.3 Å². The SMILES string of the molecule is c1csc(Cn2c(NC3CCN(CCNc4nc5ccncc5[nH]4)CC3)nc3ccccc32)c1. The van der Waals surface area contributed by atoms with E-state index in [1.54, 1.807) is 23.7 Å². The molecular formula is C25H28N8S. The Bertz CT molecular complexity index is 1330. The summed E-state index contributed by atoms with van der Waals surface area (Å²) in [6.45, 7) is 4.87. The van der Waals surface area contributed by atoms with Crippen LogP contribution >= 0.6 is 11.3 Å². The summed E-state index contributed by atoms with van der Waals surface area (Å²) >= 11 is 1.79. The van der Waals surface area contributed by atoms with Crippen molar-refractivity contribution >= 4 is 45.3 Å². The standard InChI is InChI=1S/C25H28N8S/c1-2-6-23-21(5-1)31-25(33(23)17-19-4-3-15-34-19)28-18-8-12-32(13-9-18)14-11-27-24-29-20-7-10-26-16-22(20)30-24/h1-7,10,15-16,18H,8-9,11-14,17H2,(H,28,31)(H2,27,29,30). The van der Waals surface area contributed by atoms with Gasteiger partial charge in [-0.25, -0.2) is 9.97 Å². The third-order valence-corrected chi connectivity index (χ3v) is 7.33. The lowest BCUT2D eigenvalue weighted by Gasteiger charge is -2.32. The molecule has 0 atom stereocenters. The third-order valence-electron chi connectivity index (χ3n) is 6.47. The van der Waals surface area contributed by atoms with Crippen LogP contribution in [0.1, 0.15) is 17.7 Å². The molecule has 34 heavy (non-hydrogen) atoms. The van der Waals surface area contributed by atoms with Crippen LogP contribution in [0.15, 0.2) is 60.2 Å². The minimum absolute atomic E-state index is 0.436. The number of thiophene rings is 1. The van der Waals surface area contributed by atoms with E-state index in [1.165, 1.54) is 10.4 Å². The Morgan fingerprint density at radius 3 is 2.79 bits per heavy atom. The second kappa shape index (κ2) is 9.44. The Kier molecular flexibility index (Phi) is 5.86. The maximum absolute atomic E-state index is 4.93. The zero-order valence-corrected chi connectivity index (χ0v) is 19.8. The first-order chi connectivity index (χ1) is 16.8. The number of anilines is 2. The van der Waals surface area contributed by atoms with E-state index in [-0.39, 0.29) is 0 Å². The molecule has 1 aliphatic heterocycles. The summed E-state index contributed by atoms with van der Waals surface area (Å²) < 4.78 is 2.32. The molecule has 174 valence electrons. The van der Waals surface area contributed by atoms with Crippen molar-refractivity contribution in [3.05, 3.63) is 65.1 Å². The van der Waals surface area contributed by atoms with Gasteiger partial charge >= 0.3 is 0 Å². The van der Waals surface area contributed by atoms with Crippen LogP contribution in [0.3, 0.4) is 0 Å². The number of aromatic nitrogens is 5. The van der Waals surface area contributed by atoms with E-state index >= 15 is 0 Å².